The Kier molecular flexibility index (Phi) is 5.41. The minimum atomic E-state index is -4.61. The van der Waals surface area contributed by atoms with Gasteiger partial charge in [-0.25, -0.2) is 8.42 Å². The van der Waals surface area contributed by atoms with Crippen LogP contribution >= 0.6 is 33.9 Å². The molecule has 1 aromatic carbocycles. The number of hydrogen-bond donors (Lipinski definition) is 0. The Labute approximate surface area is 132 Å². The average molecular weight is 385 g/mol. The molecule has 0 heterocycles. The standard InChI is InChI=1S/C10H7Cl3F3NO3S/c1-17(4-10(14,15)16)9(18)6-2-5(21(13,19)20)3-7(11)8(6)12/h2-3H,4H2,1H3. The second kappa shape index (κ2) is 6.20. The van der Waals surface area contributed by atoms with Crippen molar-refractivity contribution >= 4 is 48.8 Å². The molecular formula is C10H7Cl3F3NO3S. The molecule has 11 heteroatoms. The van der Waals surface area contributed by atoms with E-state index >= 15 is 0 Å². The third-order valence-corrected chi connectivity index (χ3v) is 4.41. The van der Waals surface area contributed by atoms with Crippen molar-refractivity contribution in [3.8, 4) is 0 Å². The maximum Gasteiger partial charge on any atom is 0.406 e. The second-order valence-electron chi connectivity index (χ2n) is 3.98. The van der Waals surface area contributed by atoms with Crippen LogP contribution in [-0.4, -0.2) is 39.0 Å². The van der Waals surface area contributed by atoms with E-state index in [0.717, 1.165) is 19.2 Å². The van der Waals surface area contributed by atoms with E-state index in [0.29, 0.717) is 4.90 Å². The highest BCUT2D eigenvalue weighted by atomic mass is 35.7. The molecule has 0 saturated carbocycles. The van der Waals surface area contributed by atoms with Crippen LogP contribution in [0.1, 0.15) is 10.4 Å². The largest absolute Gasteiger partial charge is 0.406 e. The number of alkyl halides is 3. The van der Waals surface area contributed by atoms with Crippen LogP contribution in [0.5, 0.6) is 0 Å². The molecule has 1 aromatic rings. The van der Waals surface area contributed by atoms with E-state index < -0.39 is 38.1 Å². The lowest BCUT2D eigenvalue weighted by Crippen LogP contribution is -2.36. The summed E-state index contributed by atoms with van der Waals surface area (Å²) in [5.74, 6) is -1.14. The maximum absolute atomic E-state index is 12.3. The molecule has 0 N–H and O–H groups in total. The number of amides is 1. The third kappa shape index (κ3) is 4.91. The van der Waals surface area contributed by atoms with E-state index in [-0.39, 0.29) is 10.0 Å². The van der Waals surface area contributed by atoms with Crippen LogP contribution in [0.4, 0.5) is 13.2 Å². The maximum atomic E-state index is 12.3. The topological polar surface area (TPSA) is 54.5 Å². The van der Waals surface area contributed by atoms with E-state index in [1.807, 2.05) is 0 Å². The average Bonchev–Trinajstić information content (AvgIpc) is 2.27. The molecule has 0 aliphatic heterocycles. The van der Waals surface area contributed by atoms with Gasteiger partial charge in [0.15, 0.2) is 0 Å². The quantitative estimate of drug-likeness (QED) is 0.749. The first kappa shape index (κ1) is 18.3. The van der Waals surface area contributed by atoms with Gasteiger partial charge >= 0.3 is 6.18 Å². The van der Waals surface area contributed by atoms with Crippen LogP contribution in [0.25, 0.3) is 0 Å². The van der Waals surface area contributed by atoms with Gasteiger partial charge in [0.05, 0.1) is 20.5 Å². The van der Waals surface area contributed by atoms with Crippen LogP contribution < -0.4 is 0 Å². The zero-order chi connectivity index (χ0) is 16.6. The smallest absolute Gasteiger partial charge is 0.333 e. The number of hydrogen-bond acceptors (Lipinski definition) is 3. The Morgan fingerprint density at radius 3 is 2.24 bits per heavy atom. The zero-order valence-corrected chi connectivity index (χ0v) is 13.3. The van der Waals surface area contributed by atoms with Crippen LogP contribution in [0.2, 0.25) is 10.0 Å². The molecular weight excluding hydrogens is 378 g/mol. The van der Waals surface area contributed by atoms with Crippen LogP contribution in [0, 0.1) is 0 Å². The fourth-order valence-electron chi connectivity index (χ4n) is 1.41. The summed E-state index contributed by atoms with van der Waals surface area (Å²) in [6.45, 7) is -1.53. The van der Waals surface area contributed by atoms with Crippen molar-refractivity contribution in [2.45, 2.75) is 11.1 Å². The van der Waals surface area contributed by atoms with Crippen molar-refractivity contribution in [1.29, 1.82) is 0 Å². The van der Waals surface area contributed by atoms with Crippen molar-refractivity contribution in [2.75, 3.05) is 13.6 Å². The summed E-state index contributed by atoms with van der Waals surface area (Å²) in [6.07, 6.45) is -4.61. The van der Waals surface area contributed by atoms with E-state index in [9.17, 15) is 26.4 Å². The highest BCUT2D eigenvalue weighted by molar-refractivity contribution is 8.13. The normalized spacial score (nSPS) is 12.3. The summed E-state index contributed by atoms with van der Waals surface area (Å²) in [4.78, 5) is 11.7. The van der Waals surface area contributed by atoms with Crippen molar-refractivity contribution in [3.05, 3.63) is 27.7 Å². The molecule has 0 saturated heterocycles. The highest BCUT2D eigenvalue weighted by Gasteiger charge is 2.32. The predicted molar refractivity (Wildman–Crippen MR) is 72.5 cm³/mol. The SMILES string of the molecule is CN(CC(F)(F)F)C(=O)c1cc(S(=O)(=O)Cl)cc(Cl)c1Cl. The third-order valence-electron chi connectivity index (χ3n) is 2.28. The highest BCUT2D eigenvalue weighted by Crippen LogP contribution is 2.31. The number of nitrogens with zero attached hydrogens (tertiary/aromatic N) is 1. The van der Waals surface area contributed by atoms with Gasteiger partial charge in [-0.2, -0.15) is 13.2 Å². The lowest BCUT2D eigenvalue weighted by Gasteiger charge is -2.20. The number of benzene rings is 1. The molecule has 0 bridgehead atoms. The second-order valence-corrected chi connectivity index (χ2v) is 7.33. The summed E-state index contributed by atoms with van der Waals surface area (Å²) in [7, 11) is 1.78. The minimum Gasteiger partial charge on any atom is -0.333 e. The number of carbonyl (C=O) groups is 1. The van der Waals surface area contributed by atoms with Gasteiger partial charge in [-0.1, -0.05) is 23.2 Å². The molecule has 0 atom stereocenters. The fraction of sp³-hybridized carbons (Fsp3) is 0.300. The Morgan fingerprint density at radius 1 is 1.29 bits per heavy atom. The van der Waals surface area contributed by atoms with E-state index in [4.69, 9.17) is 33.9 Å². The molecule has 0 aliphatic carbocycles. The molecule has 0 fully saturated rings. The predicted octanol–water partition coefficient (Wildman–Crippen LogP) is 3.56. The van der Waals surface area contributed by atoms with Gasteiger partial charge in [-0.3, -0.25) is 4.79 Å². The first-order valence-electron chi connectivity index (χ1n) is 5.09. The van der Waals surface area contributed by atoms with Gasteiger partial charge in [0, 0.05) is 17.7 Å². The minimum absolute atomic E-state index is 0.317. The molecule has 0 spiro atoms. The lowest BCUT2D eigenvalue weighted by atomic mass is 10.2. The molecule has 0 unspecified atom stereocenters. The summed E-state index contributed by atoms with van der Waals surface area (Å²) in [5.41, 5.74) is -0.491. The number of rotatable bonds is 3. The summed E-state index contributed by atoms with van der Waals surface area (Å²) in [5, 5.41) is -0.679. The van der Waals surface area contributed by atoms with Crippen LogP contribution in [0.3, 0.4) is 0 Å². The molecule has 4 nitrogen and oxygen atoms in total. The van der Waals surface area contributed by atoms with Gasteiger partial charge in [0.25, 0.3) is 15.0 Å². The van der Waals surface area contributed by atoms with Gasteiger partial charge in [-0.05, 0) is 12.1 Å². The van der Waals surface area contributed by atoms with Crippen molar-refractivity contribution in [2.24, 2.45) is 0 Å². The van der Waals surface area contributed by atoms with E-state index in [2.05, 4.69) is 0 Å². The van der Waals surface area contributed by atoms with Crippen LogP contribution in [0.15, 0.2) is 17.0 Å². The summed E-state index contributed by atoms with van der Waals surface area (Å²) < 4.78 is 59.2. The zero-order valence-electron chi connectivity index (χ0n) is 10.2. The fourth-order valence-corrected chi connectivity index (χ4v) is 2.67. The van der Waals surface area contributed by atoms with Crippen molar-refractivity contribution < 1.29 is 26.4 Å². The summed E-state index contributed by atoms with van der Waals surface area (Å²) in [6, 6.07) is 1.67. The van der Waals surface area contributed by atoms with Gasteiger partial charge in [-0.15, -0.1) is 0 Å². The van der Waals surface area contributed by atoms with Gasteiger partial charge in [0.1, 0.15) is 6.54 Å². The first-order valence-corrected chi connectivity index (χ1v) is 8.15. The number of halogens is 6. The first-order chi connectivity index (χ1) is 9.33. The molecule has 1 amide bonds. The molecule has 118 valence electrons. The molecule has 0 aromatic heterocycles. The number of carbonyl (C=O) groups excluding carboxylic acids is 1. The van der Waals surface area contributed by atoms with Gasteiger partial charge in [0.2, 0.25) is 0 Å². The van der Waals surface area contributed by atoms with Gasteiger partial charge < -0.3 is 4.90 Å². The molecule has 21 heavy (non-hydrogen) atoms. The van der Waals surface area contributed by atoms with Crippen molar-refractivity contribution in [1.82, 2.24) is 4.90 Å². The Hall–Kier alpha value is -0.700. The Bertz CT molecular complexity index is 676. The molecule has 0 radical (unpaired) electrons. The molecule has 1 rings (SSSR count). The summed E-state index contributed by atoms with van der Waals surface area (Å²) >= 11 is 11.4. The van der Waals surface area contributed by atoms with E-state index in [1.54, 1.807) is 0 Å². The Morgan fingerprint density at radius 2 is 1.81 bits per heavy atom. The molecule has 0 aliphatic rings. The van der Waals surface area contributed by atoms with E-state index in [1.165, 1.54) is 0 Å². The lowest BCUT2D eigenvalue weighted by molar-refractivity contribution is -0.138. The Balaban J connectivity index is 3.30. The van der Waals surface area contributed by atoms with Crippen molar-refractivity contribution in [3.63, 3.8) is 0 Å². The van der Waals surface area contributed by atoms with Crippen LogP contribution in [-0.2, 0) is 9.05 Å². The monoisotopic (exact) mass is 383 g/mol.